The van der Waals surface area contributed by atoms with E-state index in [1.54, 1.807) is 14.2 Å². The molecule has 0 amide bonds. The summed E-state index contributed by atoms with van der Waals surface area (Å²) < 4.78 is 16.3. The van der Waals surface area contributed by atoms with Crippen molar-refractivity contribution in [1.82, 2.24) is 5.43 Å². The van der Waals surface area contributed by atoms with Gasteiger partial charge >= 0.3 is 5.63 Å². The van der Waals surface area contributed by atoms with Crippen LogP contribution in [0.25, 0.3) is 11.0 Å². The Balaban J connectivity index is 1.54. The van der Waals surface area contributed by atoms with Crippen LogP contribution in [0.4, 0.5) is 0 Å². The molecule has 160 valence electrons. The first-order valence-electron chi connectivity index (χ1n) is 10.4. The van der Waals surface area contributed by atoms with Crippen LogP contribution in [0.3, 0.4) is 0 Å². The number of methoxy groups -OCH3 is 2. The van der Waals surface area contributed by atoms with E-state index in [0.717, 1.165) is 35.2 Å². The first-order valence-corrected chi connectivity index (χ1v) is 10.4. The Bertz CT molecular complexity index is 1290. The highest BCUT2D eigenvalue weighted by Crippen LogP contribution is 2.40. The topological polar surface area (TPSA) is 93.3 Å². The maximum absolute atomic E-state index is 12.3. The standard InChI is InChI=1S/C24H24N2O5/c1-12-9-20-22(14-5-4-6-15(14)24(28)31-20)23(27)21(12)17-11-16(25-26-17)13-7-8-18(29-2)19(10-13)30-3/h7-10,16,25,27H,4-6,11H2,1-3H3. The number of hydrazone groups is 1. The number of nitrogens with zero attached hydrogens (tertiary/aromatic N) is 1. The van der Waals surface area contributed by atoms with E-state index in [4.69, 9.17) is 13.9 Å². The van der Waals surface area contributed by atoms with Gasteiger partial charge in [-0.1, -0.05) is 6.07 Å². The second-order valence-electron chi connectivity index (χ2n) is 8.05. The van der Waals surface area contributed by atoms with E-state index < -0.39 is 0 Å². The van der Waals surface area contributed by atoms with E-state index in [9.17, 15) is 9.90 Å². The van der Waals surface area contributed by atoms with Crippen LogP contribution in [0.15, 0.2) is 38.6 Å². The van der Waals surface area contributed by atoms with Crippen LogP contribution in [-0.2, 0) is 12.8 Å². The van der Waals surface area contributed by atoms with E-state index in [1.807, 2.05) is 31.2 Å². The van der Waals surface area contributed by atoms with Crippen LogP contribution in [0.2, 0.25) is 0 Å². The van der Waals surface area contributed by atoms with Gasteiger partial charge in [0.25, 0.3) is 0 Å². The number of phenols is 1. The molecule has 0 saturated heterocycles. The molecule has 0 saturated carbocycles. The molecule has 1 aliphatic heterocycles. The van der Waals surface area contributed by atoms with Gasteiger partial charge < -0.3 is 24.4 Å². The second kappa shape index (κ2) is 7.34. The number of hydrogen-bond acceptors (Lipinski definition) is 7. The minimum atomic E-state index is -0.292. The van der Waals surface area contributed by atoms with Crippen molar-refractivity contribution in [1.29, 1.82) is 0 Å². The first kappa shape index (κ1) is 19.5. The SMILES string of the molecule is COc1ccc(C2CC(c3c(C)cc4oc(=O)c5c(c4c3O)CCC5)=NN2)cc1OC. The summed E-state index contributed by atoms with van der Waals surface area (Å²) in [5.41, 5.74) is 8.23. The second-order valence-corrected chi connectivity index (χ2v) is 8.05. The molecule has 0 fully saturated rings. The molecule has 1 atom stereocenters. The summed E-state index contributed by atoms with van der Waals surface area (Å²) in [7, 11) is 3.22. The molecule has 3 aromatic rings. The fourth-order valence-corrected chi connectivity index (χ4v) is 4.77. The average Bonchev–Trinajstić information content (AvgIpc) is 3.43. The average molecular weight is 420 g/mol. The van der Waals surface area contributed by atoms with Crippen molar-refractivity contribution in [3.05, 3.63) is 62.5 Å². The summed E-state index contributed by atoms with van der Waals surface area (Å²) in [5, 5.41) is 16.4. The van der Waals surface area contributed by atoms with E-state index in [2.05, 4.69) is 10.5 Å². The van der Waals surface area contributed by atoms with Crippen LogP contribution < -0.4 is 20.5 Å². The molecular formula is C24H24N2O5. The Labute approximate surface area is 179 Å². The monoisotopic (exact) mass is 420 g/mol. The largest absolute Gasteiger partial charge is 0.506 e. The number of aromatic hydroxyl groups is 1. The normalized spacial score (nSPS) is 17.4. The van der Waals surface area contributed by atoms with Crippen molar-refractivity contribution >= 4 is 16.7 Å². The lowest BCUT2D eigenvalue weighted by molar-refractivity contribution is 0.354. The van der Waals surface area contributed by atoms with Gasteiger partial charge in [0.05, 0.1) is 31.4 Å². The predicted molar refractivity (Wildman–Crippen MR) is 117 cm³/mol. The van der Waals surface area contributed by atoms with Gasteiger partial charge in [-0.25, -0.2) is 4.79 Å². The molecule has 0 radical (unpaired) electrons. The minimum Gasteiger partial charge on any atom is -0.506 e. The molecular weight excluding hydrogens is 396 g/mol. The van der Waals surface area contributed by atoms with E-state index >= 15 is 0 Å². The minimum absolute atomic E-state index is 0.0521. The van der Waals surface area contributed by atoms with Gasteiger partial charge in [0.1, 0.15) is 11.3 Å². The van der Waals surface area contributed by atoms with Gasteiger partial charge in [0.15, 0.2) is 11.5 Å². The number of benzene rings is 2. The van der Waals surface area contributed by atoms with Gasteiger partial charge in [-0.3, -0.25) is 0 Å². The molecule has 2 aliphatic rings. The molecule has 1 aromatic heterocycles. The number of phenolic OH excluding ortho intramolecular Hbond substituents is 1. The summed E-state index contributed by atoms with van der Waals surface area (Å²) in [4.78, 5) is 12.3. The highest BCUT2D eigenvalue weighted by atomic mass is 16.5. The Kier molecular flexibility index (Phi) is 4.61. The van der Waals surface area contributed by atoms with E-state index in [0.29, 0.717) is 46.4 Å². The fraction of sp³-hybridized carbons (Fsp3) is 0.333. The summed E-state index contributed by atoms with van der Waals surface area (Å²) in [6.07, 6.45) is 2.97. The Morgan fingerprint density at radius 2 is 1.90 bits per heavy atom. The molecule has 0 bridgehead atoms. The van der Waals surface area contributed by atoms with E-state index in [-0.39, 0.29) is 17.4 Å². The number of fused-ring (bicyclic) bond motifs is 3. The molecule has 2 heterocycles. The zero-order valence-electron chi connectivity index (χ0n) is 17.7. The Morgan fingerprint density at radius 1 is 1.13 bits per heavy atom. The zero-order valence-corrected chi connectivity index (χ0v) is 17.7. The van der Waals surface area contributed by atoms with Crippen LogP contribution >= 0.6 is 0 Å². The number of aryl methyl sites for hydroxylation is 2. The Hall–Kier alpha value is -3.48. The van der Waals surface area contributed by atoms with Gasteiger partial charge in [-0.2, -0.15) is 5.10 Å². The lowest BCUT2D eigenvalue weighted by Crippen LogP contribution is -2.11. The van der Waals surface area contributed by atoms with Crippen LogP contribution in [-0.4, -0.2) is 25.0 Å². The third kappa shape index (κ3) is 3.03. The molecule has 1 unspecified atom stereocenters. The quantitative estimate of drug-likeness (QED) is 0.625. The highest BCUT2D eigenvalue weighted by Gasteiger charge is 2.29. The number of rotatable bonds is 4. The smallest absolute Gasteiger partial charge is 0.339 e. The predicted octanol–water partition coefficient (Wildman–Crippen LogP) is 3.75. The van der Waals surface area contributed by atoms with Crippen molar-refractivity contribution in [3.63, 3.8) is 0 Å². The fourth-order valence-electron chi connectivity index (χ4n) is 4.77. The molecule has 7 heteroatoms. The maximum atomic E-state index is 12.3. The summed E-state index contributed by atoms with van der Waals surface area (Å²) >= 11 is 0. The van der Waals surface area contributed by atoms with Crippen LogP contribution in [0, 0.1) is 6.92 Å². The van der Waals surface area contributed by atoms with Crippen molar-refractivity contribution < 1.29 is 19.0 Å². The summed E-state index contributed by atoms with van der Waals surface area (Å²) in [6, 6.07) is 7.56. The summed E-state index contributed by atoms with van der Waals surface area (Å²) in [6.45, 7) is 1.90. The maximum Gasteiger partial charge on any atom is 0.339 e. The number of ether oxygens (including phenoxy) is 2. The van der Waals surface area contributed by atoms with Gasteiger partial charge in [-0.15, -0.1) is 0 Å². The molecule has 2 aromatic carbocycles. The highest BCUT2D eigenvalue weighted by molar-refractivity contribution is 6.09. The van der Waals surface area contributed by atoms with Crippen molar-refractivity contribution in [2.45, 2.75) is 38.6 Å². The van der Waals surface area contributed by atoms with Crippen LogP contribution in [0.5, 0.6) is 17.2 Å². The molecule has 0 spiro atoms. The molecule has 1 aliphatic carbocycles. The third-order valence-corrected chi connectivity index (χ3v) is 6.28. The lowest BCUT2D eigenvalue weighted by atomic mass is 9.92. The molecule has 2 N–H and O–H groups in total. The van der Waals surface area contributed by atoms with Crippen molar-refractivity contribution in [2.75, 3.05) is 14.2 Å². The number of nitrogens with one attached hydrogen (secondary N) is 1. The zero-order chi connectivity index (χ0) is 21.7. The van der Waals surface area contributed by atoms with Gasteiger partial charge in [0, 0.05) is 17.5 Å². The van der Waals surface area contributed by atoms with Crippen molar-refractivity contribution in [2.24, 2.45) is 5.10 Å². The van der Waals surface area contributed by atoms with Gasteiger partial charge in [0.2, 0.25) is 0 Å². The molecule has 7 nitrogen and oxygen atoms in total. The van der Waals surface area contributed by atoms with Crippen molar-refractivity contribution in [3.8, 4) is 17.2 Å². The summed E-state index contributed by atoms with van der Waals surface area (Å²) in [5.74, 6) is 1.47. The Morgan fingerprint density at radius 3 is 2.68 bits per heavy atom. The third-order valence-electron chi connectivity index (χ3n) is 6.28. The molecule has 31 heavy (non-hydrogen) atoms. The number of hydrogen-bond donors (Lipinski definition) is 2. The lowest BCUT2D eigenvalue weighted by Gasteiger charge is -2.15. The molecule has 5 rings (SSSR count). The van der Waals surface area contributed by atoms with E-state index in [1.165, 1.54) is 0 Å². The van der Waals surface area contributed by atoms with Crippen LogP contribution in [0.1, 0.15) is 46.7 Å². The first-order chi connectivity index (χ1) is 15.0. The van der Waals surface area contributed by atoms with Gasteiger partial charge in [-0.05, 0) is 61.1 Å².